The fourth-order valence-electron chi connectivity index (χ4n) is 2.45. The summed E-state index contributed by atoms with van der Waals surface area (Å²) in [7, 11) is 1.58. The van der Waals surface area contributed by atoms with E-state index in [1.165, 1.54) is 23.6 Å². The first-order valence-corrected chi connectivity index (χ1v) is 10.3. The van der Waals surface area contributed by atoms with E-state index in [-0.39, 0.29) is 29.5 Å². The molecule has 1 unspecified atom stereocenters. The van der Waals surface area contributed by atoms with Crippen LogP contribution in [-0.4, -0.2) is 41.5 Å². The average molecular weight is 454 g/mol. The molecule has 3 amide bonds. The summed E-state index contributed by atoms with van der Waals surface area (Å²) in [6.45, 7) is 3.13. The Labute approximate surface area is 183 Å². The van der Waals surface area contributed by atoms with Crippen LogP contribution in [0.15, 0.2) is 47.4 Å². The Balaban J connectivity index is 1.88. The number of carbonyl (C=O) groups is 3. The van der Waals surface area contributed by atoms with E-state index in [4.69, 9.17) is 23.2 Å². The molecule has 2 aromatic rings. The highest BCUT2D eigenvalue weighted by atomic mass is 35.5. The molecule has 154 valence electrons. The van der Waals surface area contributed by atoms with Crippen LogP contribution in [0.5, 0.6) is 0 Å². The van der Waals surface area contributed by atoms with Gasteiger partial charge in [0, 0.05) is 30.2 Å². The van der Waals surface area contributed by atoms with Gasteiger partial charge in [0.25, 0.3) is 0 Å². The van der Waals surface area contributed by atoms with Crippen LogP contribution >= 0.6 is 35.0 Å². The van der Waals surface area contributed by atoms with Gasteiger partial charge in [-0.3, -0.25) is 14.4 Å². The Kier molecular flexibility index (Phi) is 8.37. The lowest BCUT2D eigenvalue weighted by molar-refractivity contribution is -0.132. The van der Waals surface area contributed by atoms with Crippen LogP contribution in [0.25, 0.3) is 0 Å². The summed E-state index contributed by atoms with van der Waals surface area (Å²) in [6.07, 6.45) is 0. The third-order valence-electron chi connectivity index (χ3n) is 3.80. The first-order valence-electron chi connectivity index (χ1n) is 8.70. The number of likely N-dealkylation sites (N-methyl/N-ethyl adjacent to an activating group) is 1. The zero-order chi connectivity index (χ0) is 21.6. The Morgan fingerprint density at radius 3 is 2.21 bits per heavy atom. The van der Waals surface area contributed by atoms with Gasteiger partial charge in [-0.05, 0) is 49.4 Å². The second-order valence-electron chi connectivity index (χ2n) is 6.34. The molecule has 0 saturated heterocycles. The standard InChI is InChI=1S/C20H21Cl2N3O3S/c1-12(29-16-7-4-14(5-8-16)23-13(2)26)20(28)25(3)11-19(27)24-15-6-9-17(21)18(22)10-15/h4-10,12H,11H2,1-3H3,(H,23,26)(H,24,27). The molecule has 0 saturated carbocycles. The van der Waals surface area contributed by atoms with Gasteiger partial charge >= 0.3 is 0 Å². The van der Waals surface area contributed by atoms with Crippen LogP contribution in [0.3, 0.4) is 0 Å². The molecular weight excluding hydrogens is 433 g/mol. The van der Waals surface area contributed by atoms with Crippen molar-refractivity contribution >= 4 is 64.1 Å². The average Bonchev–Trinajstić information content (AvgIpc) is 2.65. The highest BCUT2D eigenvalue weighted by molar-refractivity contribution is 8.00. The summed E-state index contributed by atoms with van der Waals surface area (Å²) in [5, 5.41) is 5.73. The van der Waals surface area contributed by atoms with E-state index in [0.717, 1.165) is 4.90 Å². The first kappa shape index (κ1) is 23.1. The molecule has 1 atom stereocenters. The maximum atomic E-state index is 12.6. The number of hydrogen-bond donors (Lipinski definition) is 2. The summed E-state index contributed by atoms with van der Waals surface area (Å²) >= 11 is 13.2. The normalized spacial score (nSPS) is 11.5. The SMILES string of the molecule is CC(=O)Nc1ccc(SC(C)C(=O)N(C)CC(=O)Nc2ccc(Cl)c(Cl)c2)cc1. The Bertz CT molecular complexity index is 906. The van der Waals surface area contributed by atoms with Gasteiger partial charge in [-0.2, -0.15) is 0 Å². The molecule has 6 nitrogen and oxygen atoms in total. The van der Waals surface area contributed by atoms with Gasteiger partial charge < -0.3 is 15.5 Å². The number of halogens is 2. The lowest BCUT2D eigenvalue weighted by atomic mass is 10.3. The number of carbonyl (C=O) groups excluding carboxylic acids is 3. The molecule has 0 radical (unpaired) electrons. The maximum Gasteiger partial charge on any atom is 0.243 e. The van der Waals surface area contributed by atoms with Crippen molar-refractivity contribution in [1.82, 2.24) is 4.90 Å². The van der Waals surface area contributed by atoms with Crippen molar-refractivity contribution in [3.63, 3.8) is 0 Å². The number of benzene rings is 2. The van der Waals surface area contributed by atoms with Crippen molar-refractivity contribution in [3.05, 3.63) is 52.5 Å². The molecule has 0 fully saturated rings. The molecule has 0 spiro atoms. The first-order chi connectivity index (χ1) is 13.7. The van der Waals surface area contributed by atoms with Crippen LogP contribution in [0.4, 0.5) is 11.4 Å². The molecule has 29 heavy (non-hydrogen) atoms. The van der Waals surface area contributed by atoms with Gasteiger partial charge in [-0.1, -0.05) is 23.2 Å². The van der Waals surface area contributed by atoms with Crippen LogP contribution < -0.4 is 10.6 Å². The third-order valence-corrected chi connectivity index (χ3v) is 5.63. The van der Waals surface area contributed by atoms with E-state index in [9.17, 15) is 14.4 Å². The van der Waals surface area contributed by atoms with Gasteiger partial charge in [-0.15, -0.1) is 11.8 Å². The largest absolute Gasteiger partial charge is 0.335 e. The number of nitrogens with one attached hydrogen (secondary N) is 2. The topological polar surface area (TPSA) is 78.5 Å². The summed E-state index contributed by atoms with van der Waals surface area (Å²) < 4.78 is 0. The molecule has 0 aliphatic carbocycles. The maximum absolute atomic E-state index is 12.6. The quantitative estimate of drug-likeness (QED) is 0.603. The minimum Gasteiger partial charge on any atom is -0.335 e. The van der Waals surface area contributed by atoms with Crippen molar-refractivity contribution in [1.29, 1.82) is 0 Å². The Morgan fingerprint density at radius 1 is 1.00 bits per heavy atom. The molecule has 9 heteroatoms. The van der Waals surface area contributed by atoms with Crippen molar-refractivity contribution in [2.45, 2.75) is 24.0 Å². The highest BCUT2D eigenvalue weighted by Gasteiger charge is 2.20. The highest BCUT2D eigenvalue weighted by Crippen LogP contribution is 2.26. The molecule has 0 bridgehead atoms. The molecule has 0 aromatic heterocycles. The minimum absolute atomic E-state index is 0.0918. The van der Waals surface area contributed by atoms with Gasteiger partial charge in [0.1, 0.15) is 0 Å². The van der Waals surface area contributed by atoms with Gasteiger partial charge in [0.05, 0.1) is 21.8 Å². The fraction of sp³-hybridized carbons (Fsp3) is 0.250. The van der Waals surface area contributed by atoms with Crippen molar-refractivity contribution in [3.8, 4) is 0 Å². The number of rotatable bonds is 7. The third kappa shape index (κ3) is 7.27. The Hall–Kier alpha value is -2.22. The Morgan fingerprint density at radius 2 is 1.62 bits per heavy atom. The van der Waals surface area contributed by atoms with E-state index in [2.05, 4.69) is 10.6 Å². The lowest BCUT2D eigenvalue weighted by Gasteiger charge is -2.21. The molecule has 2 N–H and O–H groups in total. The van der Waals surface area contributed by atoms with Crippen molar-refractivity contribution in [2.75, 3.05) is 24.2 Å². The monoisotopic (exact) mass is 453 g/mol. The van der Waals surface area contributed by atoms with E-state index in [1.807, 2.05) is 12.1 Å². The molecule has 0 heterocycles. The van der Waals surface area contributed by atoms with Crippen LogP contribution in [0.2, 0.25) is 10.0 Å². The second kappa shape index (κ2) is 10.5. The lowest BCUT2D eigenvalue weighted by Crippen LogP contribution is -2.38. The number of nitrogens with zero attached hydrogens (tertiary/aromatic N) is 1. The summed E-state index contributed by atoms with van der Waals surface area (Å²) in [5.41, 5.74) is 1.20. The van der Waals surface area contributed by atoms with E-state index in [1.54, 1.807) is 44.3 Å². The fourth-order valence-corrected chi connectivity index (χ4v) is 3.73. The molecule has 0 aliphatic heterocycles. The van der Waals surface area contributed by atoms with E-state index >= 15 is 0 Å². The minimum atomic E-state index is -0.385. The molecule has 2 aromatic carbocycles. The van der Waals surface area contributed by atoms with Crippen LogP contribution in [0, 0.1) is 0 Å². The van der Waals surface area contributed by atoms with Crippen molar-refractivity contribution in [2.24, 2.45) is 0 Å². The van der Waals surface area contributed by atoms with Crippen LogP contribution in [0.1, 0.15) is 13.8 Å². The van der Waals surface area contributed by atoms with Gasteiger partial charge in [0.2, 0.25) is 17.7 Å². The zero-order valence-electron chi connectivity index (χ0n) is 16.2. The molecule has 0 aliphatic rings. The number of thioether (sulfide) groups is 1. The van der Waals surface area contributed by atoms with Crippen molar-refractivity contribution < 1.29 is 14.4 Å². The molecular formula is C20H21Cl2N3O3S. The smallest absolute Gasteiger partial charge is 0.243 e. The zero-order valence-corrected chi connectivity index (χ0v) is 18.5. The van der Waals surface area contributed by atoms with Crippen LogP contribution in [-0.2, 0) is 14.4 Å². The number of anilines is 2. The molecule has 2 rings (SSSR count). The van der Waals surface area contributed by atoms with Gasteiger partial charge in [0.15, 0.2) is 0 Å². The number of amides is 3. The van der Waals surface area contributed by atoms with E-state index < -0.39 is 0 Å². The predicted molar refractivity (Wildman–Crippen MR) is 119 cm³/mol. The summed E-state index contributed by atoms with van der Waals surface area (Å²) in [5.74, 6) is -0.656. The van der Waals surface area contributed by atoms with E-state index in [0.29, 0.717) is 21.4 Å². The summed E-state index contributed by atoms with van der Waals surface area (Å²) in [4.78, 5) is 38.1. The predicted octanol–water partition coefficient (Wildman–Crippen LogP) is 4.53. The van der Waals surface area contributed by atoms with Gasteiger partial charge in [-0.25, -0.2) is 0 Å². The number of hydrogen-bond acceptors (Lipinski definition) is 4. The second-order valence-corrected chi connectivity index (χ2v) is 8.57. The summed E-state index contributed by atoms with van der Waals surface area (Å²) in [6, 6.07) is 12.0.